The van der Waals surface area contributed by atoms with Crippen LogP contribution >= 0.6 is 0 Å². The third-order valence-electron chi connectivity index (χ3n) is 3.04. The predicted molar refractivity (Wildman–Crippen MR) is 75.6 cm³/mol. The minimum Gasteiger partial charge on any atom is -0.478 e. The second-order valence-corrected chi connectivity index (χ2v) is 6.31. The van der Waals surface area contributed by atoms with Gasteiger partial charge in [-0.15, -0.1) is 0 Å². The van der Waals surface area contributed by atoms with Crippen molar-refractivity contribution in [2.45, 2.75) is 25.3 Å². The van der Waals surface area contributed by atoms with Crippen molar-refractivity contribution in [2.24, 2.45) is 0 Å². The number of carboxylic acid groups (broad SMARTS) is 1. The normalized spacial score (nSPS) is 11.5. The molecule has 0 saturated heterocycles. The van der Waals surface area contributed by atoms with Crippen LogP contribution in [-0.2, 0) is 16.6 Å². The van der Waals surface area contributed by atoms with Crippen LogP contribution in [0, 0.1) is 13.8 Å². The molecule has 0 aliphatic carbocycles. The number of aryl methyl sites for hydroxylation is 1. The summed E-state index contributed by atoms with van der Waals surface area (Å²) in [6, 6.07) is 7.56. The quantitative estimate of drug-likeness (QED) is 0.881. The van der Waals surface area contributed by atoms with Crippen molar-refractivity contribution >= 4 is 16.0 Å². The molecule has 2 N–H and O–H groups in total. The predicted octanol–water partition coefficient (Wildman–Crippen LogP) is 2.07. The number of nitrogens with one attached hydrogen (secondary N) is 1. The summed E-state index contributed by atoms with van der Waals surface area (Å²) < 4.78 is 32.2. The molecule has 0 aliphatic rings. The van der Waals surface area contributed by atoms with Gasteiger partial charge in [-0.25, -0.2) is 17.9 Å². The molecule has 21 heavy (non-hydrogen) atoms. The summed E-state index contributed by atoms with van der Waals surface area (Å²) in [5.74, 6) is 0.0163. The van der Waals surface area contributed by atoms with Crippen molar-refractivity contribution in [1.82, 2.24) is 4.72 Å². The number of carboxylic acids is 1. The molecule has 6 nitrogen and oxygen atoms in total. The highest BCUT2D eigenvalue weighted by Crippen LogP contribution is 2.19. The first-order chi connectivity index (χ1) is 9.81. The molecule has 0 fully saturated rings. The number of carbonyl (C=O) groups is 1. The molecule has 112 valence electrons. The monoisotopic (exact) mass is 309 g/mol. The molecule has 0 atom stereocenters. The summed E-state index contributed by atoms with van der Waals surface area (Å²) in [5, 5.41) is 9.04. The van der Waals surface area contributed by atoms with E-state index in [9.17, 15) is 13.2 Å². The number of rotatable bonds is 5. The van der Waals surface area contributed by atoms with Crippen molar-refractivity contribution in [1.29, 1.82) is 0 Å². The summed E-state index contributed by atoms with van der Waals surface area (Å²) in [5.41, 5.74) is 0.167. The van der Waals surface area contributed by atoms with Crippen LogP contribution in [0.15, 0.2) is 39.6 Å². The number of furan rings is 1. The van der Waals surface area contributed by atoms with Gasteiger partial charge in [-0.3, -0.25) is 0 Å². The Morgan fingerprint density at radius 3 is 2.52 bits per heavy atom. The molecule has 2 rings (SSSR count). The van der Waals surface area contributed by atoms with Gasteiger partial charge in [0, 0.05) is 0 Å². The summed E-state index contributed by atoms with van der Waals surface area (Å²) in [7, 11) is -3.81. The third kappa shape index (κ3) is 3.32. The smallest absolute Gasteiger partial charge is 0.335 e. The molecular weight excluding hydrogens is 294 g/mol. The van der Waals surface area contributed by atoms with Crippen molar-refractivity contribution < 1.29 is 22.7 Å². The second-order valence-electron chi connectivity index (χ2n) is 4.57. The Bertz CT molecular complexity index is 776. The van der Waals surface area contributed by atoms with Crippen LogP contribution in [0.2, 0.25) is 0 Å². The van der Waals surface area contributed by atoms with Gasteiger partial charge in [0.2, 0.25) is 10.0 Å². The Balaban J connectivity index is 2.27. The standard InChI is InChI=1S/C14H15NO5S/c1-9-6-7-11(20-9)8-15-21(18,19)13-5-3-4-12(10(13)2)14(16)17/h3-7,15H,8H2,1-2H3,(H,16,17). The molecule has 1 aromatic carbocycles. The van der Waals surface area contributed by atoms with E-state index >= 15 is 0 Å². The van der Waals surface area contributed by atoms with Crippen molar-refractivity contribution in [3.8, 4) is 0 Å². The maximum absolute atomic E-state index is 12.3. The van der Waals surface area contributed by atoms with Crippen molar-refractivity contribution in [2.75, 3.05) is 0 Å². The Morgan fingerprint density at radius 1 is 1.24 bits per heavy atom. The van der Waals surface area contributed by atoms with E-state index in [1.54, 1.807) is 19.1 Å². The number of sulfonamides is 1. The fourth-order valence-electron chi connectivity index (χ4n) is 1.96. The molecule has 0 spiro atoms. The van der Waals surface area contributed by atoms with E-state index in [0.717, 1.165) is 0 Å². The molecule has 1 aromatic heterocycles. The van der Waals surface area contributed by atoms with E-state index in [4.69, 9.17) is 9.52 Å². The van der Waals surface area contributed by atoms with Gasteiger partial charge < -0.3 is 9.52 Å². The largest absolute Gasteiger partial charge is 0.478 e. The summed E-state index contributed by atoms with van der Waals surface area (Å²) in [4.78, 5) is 11.0. The van der Waals surface area contributed by atoms with Gasteiger partial charge in [0.05, 0.1) is 17.0 Å². The SMILES string of the molecule is Cc1ccc(CNS(=O)(=O)c2cccc(C(=O)O)c2C)o1. The Kier molecular flexibility index (Phi) is 4.15. The van der Waals surface area contributed by atoms with Gasteiger partial charge in [-0.1, -0.05) is 6.07 Å². The number of benzene rings is 1. The zero-order valence-corrected chi connectivity index (χ0v) is 12.4. The lowest BCUT2D eigenvalue weighted by atomic mass is 10.1. The molecule has 0 unspecified atom stereocenters. The van der Waals surface area contributed by atoms with E-state index in [-0.39, 0.29) is 22.6 Å². The van der Waals surface area contributed by atoms with Crippen molar-refractivity contribution in [3.63, 3.8) is 0 Å². The number of hydrogen-bond acceptors (Lipinski definition) is 4. The molecule has 0 amide bonds. The fraction of sp³-hybridized carbons (Fsp3) is 0.214. The van der Waals surface area contributed by atoms with Crippen molar-refractivity contribution in [3.05, 3.63) is 53.0 Å². The van der Waals surface area contributed by atoms with E-state index in [1.807, 2.05) is 0 Å². The van der Waals surface area contributed by atoms with Crippen LogP contribution in [-0.4, -0.2) is 19.5 Å². The van der Waals surface area contributed by atoms with E-state index in [2.05, 4.69) is 4.72 Å². The molecule has 0 saturated carbocycles. The highest BCUT2D eigenvalue weighted by atomic mass is 32.2. The molecule has 0 aliphatic heterocycles. The maximum Gasteiger partial charge on any atom is 0.335 e. The number of hydrogen-bond donors (Lipinski definition) is 2. The molecule has 1 heterocycles. The lowest BCUT2D eigenvalue weighted by Crippen LogP contribution is -2.24. The van der Waals surface area contributed by atoms with Crippen LogP contribution in [0.5, 0.6) is 0 Å². The summed E-state index contributed by atoms with van der Waals surface area (Å²) >= 11 is 0. The van der Waals surface area contributed by atoms with Crippen LogP contribution in [0.25, 0.3) is 0 Å². The Labute approximate surface area is 122 Å². The van der Waals surface area contributed by atoms with Crippen LogP contribution in [0.3, 0.4) is 0 Å². The molecule has 2 aromatic rings. The van der Waals surface area contributed by atoms with Gasteiger partial charge in [0.15, 0.2) is 0 Å². The Hall–Kier alpha value is -2.12. The van der Waals surface area contributed by atoms with Gasteiger partial charge in [-0.05, 0) is 43.7 Å². The summed E-state index contributed by atoms with van der Waals surface area (Å²) in [6.45, 7) is 3.24. The van der Waals surface area contributed by atoms with Crippen LogP contribution in [0.1, 0.15) is 27.4 Å². The second kappa shape index (κ2) is 5.71. The average Bonchev–Trinajstić information content (AvgIpc) is 2.82. The minimum absolute atomic E-state index is 0.00686. The third-order valence-corrected chi connectivity index (χ3v) is 4.58. The van der Waals surface area contributed by atoms with E-state index in [1.165, 1.54) is 25.1 Å². The first-order valence-electron chi connectivity index (χ1n) is 6.19. The van der Waals surface area contributed by atoms with E-state index < -0.39 is 16.0 Å². The van der Waals surface area contributed by atoms with Gasteiger partial charge in [-0.2, -0.15) is 0 Å². The topological polar surface area (TPSA) is 96.6 Å². The van der Waals surface area contributed by atoms with Gasteiger partial charge in [0.1, 0.15) is 11.5 Å². The highest BCUT2D eigenvalue weighted by Gasteiger charge is 2.20. The molecular formula is C14H15NO5S. The zero-order valence-electron chi connectivity index (χ0n) is 11.6. The first-order valence-corrected chi connectivity index (χ1v) is 7.67. The average molecular weight is 309 g/mol. The zero-order chi connectivity index (χ0) is 15.6. The molecule has 7 heteroatoms. The van der Waals surface area contributed by atoms with E-state index in [0.29, 0.717) is 11.5 Å². The van der Waals surface area contributed by atoms with Crippen LogP contribution < -0.4 is 4.72 Å². The number of aromatic carboxylic acids is 1. The maximum atomic E-state index is 12.3. The van der Waals surface area contributed by atoms with Crippen LogP contribution in [0.4, 0.5) is 0 Å². The lowest BCUT2D eigenvalue weighted by molar-refractivity contribution is 0.0696. The lowest BCUT2D eigenvalue weighted by Gasteiger charge is -2.10. The highest BCUT2D eigenvalue weighted by molar-refractivity contribution is 7.89. The van der Waals surface area contributed by atoms with Gasteiger partial charge in [0.25, 0.3) is 0 Å². The summed E-state index contributed by atoms with van der Waals surface area (Å²) in [6.07, 6.45) is 0. The molecule has 0 radical (unpaired) electrons. The van der Waals surface area contributed by atoms with Gasteiger partial charge >= 0.3 is 5.97 Å². The minimum atomic E-state index is -3.81. The first kappa shape index (κ1) is 15.3. The fourth-order valence-corrected chi connectivity index (χ4v) is 3.22. The Morgan fingerprint density at radius 2 is 1.95 bits per heavy atom. The molecule has 0 bridgehead atoms.